The van der Waals surface area contributed by atoms with E-state index in [1.165, 1.54) is 25.7 Å². The minimum atomic E-state index is 0.468. The summed E-state index contributed by atoms with van der Waals surface area (Å²) in [6.07, 6.45) is 8.25. The predicted octanol–water partition coefficient (Wildman–Crippen LogP) is 2.44. The molecule has 1 heterocycles. The smallest absolute Gasteiger partial charge is 0.144 e. The lowest BCUT2D eigenvalue weighted by molar-refractivity contribution is 0.232. The molecule has 0 saturated heterocycles. The molecule has 16 heavy (non-hydrogen) atoms. The van der Waals surface area contributed by atoms with E-state index >= 15 is 0 Å². The minimum Gasteiger partial charge on any atom is -0.382 e. The van der Waals surface area contributed by atoms with E-state index in [2.05, 4.69) is 29.1 Å². The van der Waals surface area contributed by atoms with Crippen LogP contribution in [0.2, 0.25) is 0 Å². The van der Waals surface area contributed by atoms with Crippen LogP contribution in [0.4, 0.5) is 11.6 Å². The van der Waals surface area contributed by atoms with E-state index in [0.29, 0.717) is 17.3 Å². The van der Waals surface area contributed by atoms with E-state index in [4.69, 9.17) is 5.73 Å². The summed E-state index contributed by atoms with van der Waals surface area (Å²) >= 11 is 0. The van der Waals surface area contributed by atoms with Gasteiger partial charge >= 0.3 is 0 Å². The molecule has 0 radical (unpaired) electrons. The first-order valence-corrected chi connectivity index (χ1v) is 5.89. The van der Waals surface area contributed by atoms with Gasteiger partial charge < -0.3 is 11.1 Å². The Balaban J connectivity index is 1.89. The largest absolute Gasteiger partial charge is 0.382 e. The lowest BCUT2D eigenvalue weighted by atomic mass is 9.75. The van der Waals surface area contributed by atoms with Crippen LogP contribution in [0.1, 0.15) is 39.5 Å². The number of rotatable bonds is 2. The molecule has 0 amide bonds. The molecule has 1 aliphatic rings. The molecular formula is C12H20N4. The Morgan fingerprint density at radius 3 is 2.50 bits per heavy atom. The summed E-state index contributed by atoms with van der Waals surface area (Å²) in [5.74, 6) is 1.30. The molecule has 1 aromatic rings. The lowest BCUT2D eigenvalue weighted by Gasteiger charge is -2.34. The number of nitrogens with one attached hydrogen (secondary N) is 1. The Morgan fingerprint density at radius 2 is 1.94 bits per heavy atom. The molecule has 1 aromatic heterocycles. The van der Waals surface area contributed by atoms with Crippen LogP contribution in [0.15, 0.2) is 12.4 Å². The maximum absolute atomic E-state index is 5.49. The highest BCUT2D eigenvalue weighted by molar-refractivity contribution is 5.36. The van der Waals surface area contributed by atoms with Gasteiger partial charge in [0.25, 0.3) is 0 Å². The van der Waals surface area contributed by atoms with Gasteiger partial charge in [0.15, 0.2) is 0 Å². The summed E-state index contributed by atoms with van der Waals surface area (Å²) in [4.78, 5) is 8.24. The zero-order valence-corrected chi connectivity index (χ0v) is 10.0. The van der Waals surface area contributed by atoms with E-state index in [9.17, 15) is 0 Å². The molecular weight excluding hydrogens is 200 g/mol. The number of hydrogen-bond donors (Lipinski definition) is 2. The second-order valence-electron chi connectivity index (χ2n) is 5.41. The molecule has 0 atom stereocenters. The molecule has 0 aliphatic heterocycles. The molecule has 0 unspecified atom stereocenters. The predicted molar refractivity (Wildman–Crippen MR) is 66.1 cm³/mol. The van der Waals surface area contributed by atoms with Crippen LogP contribution in [0.5, 0.6) is 0 Å². The fourth-order valence-electron chi connectivity index (χ4n) is 2.17. The van der Waals surface area contributed by atoms with Gasteiger partial charge in [0.2, 0.25) is 0 Å². The van der Waals surface area contributed by atoms with E-state index in [-0.39, 0.29) is 0 Å². The van der Waals surface area contributed by atoms with Crippen molar-refractivity contribution in [3.63, 3.8) is 0 Å². The average Bonchev–Trinajstić information content (AvgIpc) is 2.24. The van der Waals surface area contributed by atoms with Crippen LogP contribution in [-0.4, -0.2) is 16.0 Å². The van der Waals surface area contributed by atoms with Gasteiger partial charge in [0, 0.05) is 6.04 Å². The van der Waals surface area contributed by atoms with Gasteiger partial charge in [-0.25, -0.2) is 9.97 Å². The number of hydrogen-bond acceptors (Lipinski definition) is 4. The van der Waals surface area contributed by atoms with Gasteiger partial charge in [0.1, 0.15) is 11.6 Å². The van der Waals surface area contributed by atoms with Crippen LogP contribution >= 0.6 is 0 Å². The third-order valence-corrected chi connectivity index (χ3v) is 3.36. The minimum absolute atomic E-state index is 0.468. The fourth-order valence-corrected chi connectivity index (χ4v) is 2.17. The summed E-state index contributed by atoms with van der Waals surface area (Å²) in [5.41, 5.74) is 6.00. The standard InChI is InChI=1S/C12H20N4/c1-12(2)5-3-9(4-6-12)16-11-8-14-10(13)7-15-11/h7-9H,3-6H2,1-2H3,(H2,13,14)(H,15,16). The third-order valence-electron chi connectivity index (χ3n) is 3.36. The number of nitrogen functional groups attached to an aromatic ring is 1. The molecule has 0 spiro atoms. The molecule has 1 saturated carbocycles. The van der Waals surface area contributed by atoms with Crippen molar-refractivity contribution in [2.24, 2.45) is 5.41 Å². The molecule has 1 fully saturated rings. The zero-order valence-electron chi connectivity index (χ0n) is 10.0. The maximum atomic E-state index is 5.49. The van der Waals surface area contributed by atoms with Crippen molar-refractivity contribution in [1.82, 2.24) is 9.97 Å². The molecule has 4 nitrogen and oxygen atoms in total. The topological polar surface area (TPSA) is 63.8 Å². The van der Waals surface area contributed by atoms with Crippen molar-refractivity contribution in [1.29, 1.82) is 0 Å². The second-order valence-corrected chi connectivity index (χ2v) is 5.41. The van der Waals surface area contributed by atoms with E-state index in [1.807, 2.05) is 0 Å². The fraction of sp³-hybridized carbons (Fsp3) is 0.667. The Kier molecular flexibility index (Phi) is 2.99. The Labute approximate surface area is 96.7 Å². The van der Waals surface area contributed by atoms with Gasteiger partial charge in [-0.1, -0.05) is 13.8 Å². The molecule has 3 N–H and O–H groups in total. The molecule has 88 valence electrons. The van der Waals surface area contributed by atoms with Crippen molar-refractivity contribution in [2.75, 3.05) is 11.1 Å². The van der Waals surface area contributed by atoms with Crippen LogP contribution < -0.4 is 11.1 Å². The van der Waals surface area contributed by atoms with Crippen molar-refractivity contribution in [2.45, 2.75) is 45.6 Å². The number of nitrogens with zero attached hydrogens (tertiary/aromatic N) is 2. The summed E-state index contributed by atoms with van der Waals surface area (Å²) in [6.45, 7) is 4.68. The molecule has 0 bridgehead atoms. The second kappa shape index (κ2) is 4.28. The van der Waals surface area contributed by atoms with E-state index < -0.39 is 0 Å². The maximum Gasteiger partial charge on any atom is 0.144 e. The monoisotopic (exact) mass is 220 g/mol. The van der Waals surface area contributed by atoms with Gasteiger partial charge in [-0.3, -0.25) is 0 Å². The molecule has 4 heteroatoms. The lowest BCUT2D eigenvalue weighted by Crippen LogP contribution is -2.30. The summed E-state index contributed by atoms with van der Waals surface area (Å²) in [6, 6.07) is 0.533. The number of nitrogens with two attached hydrogens (primary N) is 1. The van der Waals surface area contributed by atoms with Crippen molar-refractivity contribution in [3.05, 3.63) is 12.4 Å². The van der Waals surface area contributed by atoms with Gasteiger partial charge in [-0.15, -0.1) is 0 Å². The zero-order chi connectivity index (χ0) is 11.6. The quantitative estimate of drug-likeness (QED) is 0.803. The summed E-state index contributed by atoms with van der Waals surface area (Å²) in [7, 11) is 0. The van der Waals surface area contributed by atoms with Crippen LogP contribution in [0.3, 0.4) is 0 Å². The Bertz CT molecular complexity index is 335. The Hall–Kier alpha value is -1.32. The first-order valence-electron chi connectivity index (χ1n) is 5.89. The molecule has 2 rings (SSSR count). The van der Waals surface area contributed by atoms with Crippen LogP contribution in [0, 0.1) is 5.41 Å². The van der Waals surface area contributed by atoms with Crippen LogP contribution in [0.25, 0.3) is 0 Å². The summed E-state index contributed by atoms with van der Waals surface area (Å²) < 4.78 is 0. The normalized spacial score (nSPS) is 20.6. The third kappa shape index (κ3) is 2.84. The van der Waals surface area contributed by atoms with Crippen LogP contribution in [-0.2, 0) is 0 Å². The first-order chi connectivity index (χ1) is 7.55. The average molecular weight is 220 g/mol. The van der Waals surface area contributed by atoms with Crippen molar-refractivity contribution >= 4 is 11.6 Å². The SMILES string of the molecule is CC1(C)CCC(Nc2cnc(N)cn2)CC1. The highest BCUT2D eigenvalue weighted by atomic mass is 15.0. The Morgan fingerprint density at radius 1 is 1.25 bits per heavy atom. The van der Waals surface area contributed by atoms with Crippen molar-refractivity contribution < 1.29 is 0 Å². The molecule has 1 aliphatic carbocycles. The summed E-state index contributed by atoms with van der Waals surface area (Å²) in [5, 5.41) is 3.42. The molecule has 0 aromatic carbocycles. The van der Waals surface area contributed by atoms with Crippen molar-refractivity contribution in [3.8, 4) is 0 Å². The van der Waals surface area contributed by atoms with Gasteiger partial charge in [0.05, 0.1) is 12.4 Å². The van der Waals surface area contributed by atoms with Gasteiger partial charge in [-0.2, -0.15) is 0 Å². The number of anilines is 2. The first kappa shape index (κ1) is 11.2. The number of aromatic nitrogens is 2. The highest BCUT2D eigenvalue weighted by Gasteiger charge is 2.26. The van der Waals surface area contributed by atoms with E-state index in [1.54, 1.807) is 12.4 Å². The van der Waals surface area contributed by atoms with E-state index in [0.717, 1.165) is 5.82 Å². The van der Waals surface area contributed by atoms with Gasteiger partial charge in [-0.05, 0) is 31.1 Å². The highest BCUT2D eigenvalue weighted by Crippen LogP contribution is 2.35.